The molecule has 0 radical (unpaired) electrons. The number of benzene rings is 1. The van der Waals surface area contributed by atoms with E-state index in [2.05, 4.69) is 6.07 Å². The highest BCUT2D eigenvalue weighted by Crippen LogP contribution is 2.35. The zero-order valence-electron chi connectivity index (χ0n) is 9.19. The Kier molecular flexibility index (Phi) is 2.92. The average Bonchev–Trinajstić information content (AvgIpc) is 2.55. The standard InChI is InChI=1S/C12H12FNO2S/c13-11-3-1-2-10(6-11)7-12(8-14)4-5-17(15,16)9-12/h1-3,6H,4-5,7,9H2. The monoisotopic (exact) mass is 253 g/mol. The first-order valence-electron chi connectivity index (χ1n) is 5.31. The summed E-state index contributed by atoms with van der Waals surface area (Å²) in [6.07, 6.45) is 0.628. The highest BCUT2D eigenvalue weighted by atomic mass is 32.2. The molecule has 0 aromatic heterocycles. The normalized spacial score (nSPS) is 26.6. The second-order valence-electron chi connectivity index (χ2n) is 4.54. The van der Waals surface area contributed by atoms with Gasteiger partial charge in [0.05, 0.1) is 23.0 Å². The van der Waals surface area contributed by atoms with Gasteiger partial charge in [-0.3, -0.25) is 0 Å². The lowest BCUT2D eigenvalue weighted by molar-refractivity contribution is 0.450. The van der Waals surface area contributed by atoms with E-state index in [1.807, 2.05) is 0 Å². The van der Waals surface area contributed by atoms with E-state index in [0.29, 0.717) is 18.4 Å². The molecule has 1 atom stereocenters. The zero-order valence-corrected chi connectivity index (χ0v) is 10.0. The van der Waals surface area contributed by atoms with Gasteiger partial charge in [-0.05, 0) is 30.5 Å². The van der Waals surface area contributed by atoms with Gasteiger partial charge in [-0.1, -0.05) is 12.1 Å². The van der Waals surface area contributed by atoms with E-state index in [9.17, 15) is 18.1 Å². The van der Waals surface area contributed by atoms with Gasteiger partial charge in [-0.25, -0.2) is 12.8 Å². The van der Waals surface area contributed by atoms with Crippen LogP contribution >= 0.6 is 0 Å². The van der Waals surface area contributed by atoms with Crippen LogP contribution in [-0.2, 0) is 16.3 Å². The number of hydrogen-bond acceptors (Lipinski definition) is 3. The first-order chi connectivity index (χ1) is 7.95. The Morgan fingerprint density at radius 3 is 2.76 bits per heavy atom. The topological polar surface area (TPSA) is 57.9 Å². The largest absolute Gasteiger partial charge is 0.229 e. The molecule has 0 N–H and O–H groups in total. The maximum atomic E-state index is 13.0. The van der Waals surface area contributed by atoms with Gasteiger partial charge in [0.25, 0.3) is 0 Å². The van der Waals surface area contributed by atoms with E-state index in [1.165, 1.54) is 12.1 Å². The van der Waals surface area contributed by atoms with Crippen LogP contribution in [0.5, 0.6) is 0 Å². The Hall–Kier alpha value is -1.41. The Morgan fingerprint density at radius 1 is 1.47 bits per heavy atom. The lowest BCUT2D eigenvalue weighted by Crippen LogP contribution is -2.23. The Labute approximate surface area is 99.8 Å². The molecule has 3 nitrogen and oxygen atoms in total. The summed E-state index contributed by atoms with van der Waals surface area (Å²) >= 11 is 0. The molecule has 0 amide bonds. The molecule has 0 saturated carbocycles. The molecule has 1 unspecified atom stereocenters. The van der Waals surface area contributed by atoms with Crippen molar-refractivity contribution >= 4 is 9.84 Å². The summed E-state index contributed by atoms with van der Waals surface area (Å²) in [5.74, 6) is -0.431. The highest BCUT2D eigenvalue weighted by Gasteiger charge is 2.42. The van der Waals surface area contributed by atoms with Gasteiger partial charge in [0, 0.05) is 0 Å². The zero-order chi connectivity index (χ0) is 12.5. The number of rotatable bonds is 2. The van der Waals surface area contributed by atoms with E-state index in [1.54, 1.807) is 12.1 Å². The van der Waals surface area contributed by atoms with Crippen LogP contribution in [0.2, 0.25) is 0 Å². The lowest BCUT2D eigenvalue weighted by atomic mass is 9.83. The van der Waals surface area contributed by atoms with E-state index in [0.717, 1.165) is 0 Å². The molecule has 1 aromatic carbocycles. The van der Waals surface area contributed by atoms with Crippen LogP contribution in [0, 0.1) is 22.6 Å². The third-order valence-electron chi connectivity index (χ3n) is 3.06. The van der Waals surface area contributed by atoms with E-state index in [-0.39, 0.29) is 17.3 Å². The molecule has 0 bridgehead atoms. The fourth-order valence-electron chi connectivity index (χ4n) is 2.22. The maximum Gasteiger partial charge on any atom is 0.151 e. The number of sulfone groups is 1. The van der Waals surface area contributed by atoms with Crippen LogP contribution in [0.25, 0.3) is 0 Å². The van der Waals surface area contributed by atoms with Crippen molar-refractivity contribution in [2.45, 2.75) is 12.8 Å². The first kappa shape index (κ1) is 12.1. The second-order valence-corrected chi connectivity index (χ2v) is 6.72. The molecule has 1 aromatic rings. The molecule has 0 aliphatic carbocycles. The average molecular weight is 253 g/mol. The summed E-state index contributed by atoms with van der Waals surface area (Å²) in [4.78, 5) is 0. The third-order valence-corrected chi connectivity index (χ3v) is 4.88. The van der Waals surface area contributed by atoms with Crippen molar-refractivity contribution in [2.24, 2.45) is 5.41 Å². The fourth-order valence-corrected chi connectivity index (χ4v) is 4.22. The van der Waals surface area contributed by atoms with Gasteiger partial charge in [0.15, 0.2) is 9.84 Å². The van der Waals surface area contributed by atoms with Crippen LogP contribution in [0.4, 0.5) is 4.39 Å². The predicted molar refractivity (Wildman–Crippen MR) is 61.4 cm³/mol. The van der Waals surface area contributed by atoms with Gasteiger partial charge in [-0.15, -0.1) is 0 Å². The van der Waals surface area contributed by atoms with Crippen molar-refractivity contribution < 1.29 is 12.8 Å². The molecule has 5 heteroatoms. The summed E-state index contributed by atoms with van der Waals surface area (Å²) in [5.41, 5.74) is -0.212. The molecule has 0 spiro atoms. The Morgan fingerprint density at radius 2 is 2.24 bits per heavy atom. The number of nitrogens with zero attached hydrogens (tertiary/aromatic N) is 1. The SMILES string of the molecule is N#CC1(Cc2cccc(F)c2)CCS(=O)(=O)C1. The Balaban J connectivity index is 2.26. The van der Waals surface area contributed by atoms with E-state index in [4.69, 9.17) is 0 Å². The van der Waals surface area contributed by atoms with Gasteiger partial charge in [-0.2, -0.15) is 5.26 Å². The van der Waals surface area contributed by atoms with Crippen LogP contribution in [0.3, 0.4) is 0 Å². The quantitative estimate of drug-likeness (QED) is 0.806. The summed E-state index contributed by atoms with van der Waals surface area (Å²) in [7, 11) is -3.11. The van der Waals surface area contributed by atoms with Crippen molar-refractivity contribution in [1.82, 2.24) is 0 Å². The summed E-state index contributed by atoms with van der Waals surface area (Å²) in [5, 5.41) is 9.17. The molecule has 1 fully saturated rings. The molecular weight excluding hydrogens is 241 g/mol. The molecule has 2 rings (SSSR count). The summed E-state index contributed by atoms with van der Waals surface area (Å²) in [6, 6.07) is 8.06. The molecule has 90 valence electrons. The smallest absolute Gasteiger partial charge is 0.151 e. The first-order valence-corrected chi connectivity index (χ1v) is 7.13. The van der Waals surface area contributed by atoms with Crippen LogP contribution in [0.15, 0.2) is 24.3 Å². The Bertz CT molecular complexity index is 576. The molecular formula is C12H12FNO2S. The minimum atomic E-state index is -3.11. The van der Waals surface area contributed by atoms with E-state index >= 15 is 0 Å². The van der Waals surface area contributed by atoms with Crippen molar-refractivity contribution in [3.63, 3.8) is 0 Å². The summed E-state index contributed by atoms with van der Waals surface area (Å²) in [6.45, 7) is 0. The van der Waals surface area contributed by atoms with Crippen LogP contribution in [-0.4, -0.2) is 19.9 Å². The van der Waals surface area contributed by atoms with Crippen LogP contribution < -0.4 is 0 Å². The maximum absolute atomic E-state index is 13.0. The minimum absolute atomic E-state index is 0.0515. The number of halogens is 1. The predicted octanol–water partition coefficient (Wildman–Crippen LogP) is 1.70. The molecule has 1 aliphatic heterocycles. The number of nitriles is 1. The van der Waals surface area contributed by atoms with Gasteiger partial charge in [0.1, 0.15) is 5.82 Å². The second kappa shape index (κ2) is 4.11. The molecule has 1 heterocycles. The lowest BCUT2D eigenvalue weighted by Gasteiger charge is -2.18. The van der Waals surface area contributed by atoms with Crippen molar-refractivity contribution in [3.05, 3.63) is 35.6 Å². The molecule has 17 heavy (non-hydrogen) atoms. The third kappa shape index (κ3) is 2.64. The van der Waals surface area contributed by atoms with Gasteiger partial charge >= 0.3 is 0 Å². The van der Waals surface area contributed by atoms with Gasteiger partial charge < -0.3 is 0 Å². The molecule has 1 saturated heterocycles. The van der Waals surface area contributed by atoms with Crippen LogP contribution in [0.1, 0.15) is 12.0 Å². The van der Waals surface area contributed by atoms with E-state index < -0.39 is 15.3 Å². The van der Waals surface area contributed by atoms with Crippen molar-refractivity contribution in [3.8, 4) is 6.07 Å². The highest BCUT2D eigenvalue weighted by molar-refractivity contribution is 7.91. The molecule has 1 aliphatic rings. The number of hydrogen-bond donors (Lipinski definition) is 0. The van der Waals surface area contributed by atoms with Gasteiger partial charge in [0.2, 0.25) is 0 Å². The van der Waals surface area contributed by atoms with Crippen molar-refractivity contribution in [1.29, 1.82) is 5.26 Å². The minimum Gasteiger partial charge on any atom is -0.229 e. The fraction of sp³-hybridized carbons (Fsp3) is 0.417. The van der Waals surface area contributed by atoms with Crippen molar-refractivity contribution in [2.75, 3.05) is 11.5 Å². The summed E-state index contributed by atoms with van der Waals surface area (Å²) < 4.78 is 35.9.